The maximum absolute atomic E-state index is 13.1. The molecular weight excluding hydrogens is 436 g/mol. The van der Waals surface area contributed by atoms with E-state index in [1.54, 1.807) is 44.6 Å². The van der Waals surface area contributed by atoms with Crippen molar-refractivity contribution >= 4 is 17.9 Å². The molecule has 0 saturated carbocycles. The monoisotopic (exact) mass is 464 g/mol. The fraction of sp³-hybridized carbons (Fsp3) is 0.385. The lowest BCUT2D eigenvalue weighted by atomic mass is 9.86. The fourth-order valence-corrected chi connectivity index (χ4v) is 5.01. The summed E-state index contributed by atoms with van der Waals surface area (Å²) in [6.07, 6.45) is 5.20. The Labute approximate surface area is 198 Å². The highest BCUT2D eigenvalue weighted by molar-refractivity contribution is 5.95. The molecule has 8 nitrogen and oxygen atoms in total. The predicted molar refractivity (Wildman–Crippen MR) is 125 cm³/mol. The van der Waals surface area contributed by atoms with Gasteiger partial charge >= 0.3 is 0 Å². The van der Waals surface area contributed by atoms with Gasteiger partial charge < -0.3 is 28.7 Å². The van der Waals surface area contributed by atoms with Crippen LogP contribution in [0.4, 0.5) is 0 Å². The Morgan fingerprint density at radius 2 is 1.65 bits per heavy atom. The van der Waals surface area contributed by atoms with Crippen LogP contribution in [0.25, 0.3) is 6.08 Å². The molecule has 1 spiro atoms. The van der Waals surface area contributed by atoms with Crippen molar-refractivity contribution < 1.29 is 28.5 Å². The summed E-state index contributed by atoms with van der Waals surface area (Å²) in [5, 5.41) is 0. The average molecular weight is 465 g/mol. The molecule has 2 saturated heterocycles. The molecule has 1 unspecified atom stereocenters. The SMILES string of the molecule is COc1ccc(C(=O)N2CCC3(CCN(C(=O)/C=C/c4ccc5c(c4)OCO5)C3)C2)cc1OC. The lowest BCUT2D eigenvalue weighted by Gasteiger charge is -2.24. The van der Waals surface area contributed by atoms with Crippen LogP contribution in [-0.2, 0) is 4.79 Å². The molecule has 3 aliphatic heterocycles. The molecule has 0 bridgehead atoms. The second-order valence-corrected chi connectivity index (χ2v) is 9.00. The van der Waals surface area contributed by atoms with Crippen molar-refractivity contribution in [2.75, 3.05) is 47.2 Å². The number of hydrogen-bond donors (Lipinski definition) is 0. The first kappa shape index (κ1) is 22.1. The van der Waals surface area contributed by atoms with E-state index in [1.807, 2.05) is 28.0 Å². The van der Waals surface area contributed by atoms with E-state index in [9.17, 15) is 9.59 Å². The van der Waals surface area contributed by atoms with E-state index >= 15 is 0 Å². The third-order valence-corrected chi connectivity index (χ3v) is 6.92. The highest BCUT2D eigenvalue weighted by atomic mass is 16.7. The Morgan fingerprint density at radius 1 is 0.912 bits per heavy atom. The molecule has 2 fully saturated rings. The Kier molecular flexibility index (Phi) is 5.81. The van der Waals surface area contributed by atoms with Gasteiger partial charge in [-0.3, -0.25) is 9.59 Å². The summed E-state index contributed by atoms with van der Waals surface area (Å²) in [5.74, 6) is 2.51. The molecule has 2 aromatic carbocycles. The first-order valence-corrected chi connectivity index (χ1v) is 11.4. The van der Waals surface area contributed by atoms with Crippen LogP contribution >= 0.6 is 0 Å². The van der Waals surface area contributed by atoms with Gasteiger partial charge in [0.05, 0.1) is 14.2 Å². The molecule has 1 atom stereocenters. The van der Waals surface area contributed by atoms with Crippen LogP contribution in [0.2, 0.25) is 0 Å². The average Bonchev–Trinajstić information content (AvgIpc) is 3.61. The van der Waals surface area contributed by atoms with E-state index < -0.39 is 0 Å². The summed E-state index contributed by atoms with van der Waals surface area (Å²) < 4.78 is 21.3. The number of amides is 2. The van der Waals surface area contributed by atoms with Gasteiger partial charge in [0.15, 0.2) is 23.0 Å². The molecule has 34 heavy (non-hydrogen) atoms. The summed E-state index contributed by atoms with van der Waals surface area (Å²) in [7, 11) is 3.13. The van der Waals surface area contributed by atoms with Gasteiger partial charge in [0, 0.05) is 43.2 Å². The van der Waals surface area contributed by atoms with Crippen LogP contribution in [0.15, 0.2) is 42.5 Å². The van der Waals surface area contributed by atoms with Crippen LogP contribution in [0.1, 0.15) is 28.8 Å². The topological polar surface area (TPSA) is 77.5 Å². The lowest BCUT2D eigenvalue weighted by Crippen LogP contribution is -2.35. The smallest absolute Gasteiger partial charge is 0.254 e. The molecular formula is C26H28N2O6. The summed E-state index contributed by atoms with van der Waals surface area (Å²) in [5.41, 5.74) is 1.42. The number of benzene rings is 2. The number of carbonyl (C=O) groups is 2. The van der Waals surface area contributed by atoms with Gasteiger partial charge in [0.1, 0.15) is 0 Å². The zero-order valence-corrected chi connectivity index (χ0v) is 19.4. The third kappa shape index (κ3) is 4.16. The molecule has 0 radical (unpaired) electrons. The molecule has 0 aliphatic carbocycles. The fourth-order valence-electron chi connectivity index (χ4n) is 5.01. The van der Waals surface area contributed by atoms with E-state index in [4.69, 9.17) is 18.9 Å². The number of hydrogen-bond acceptors (Lipinski definition) is 6. The molecule has 2 aromatic rings. The van der Waals surface area contributed by atoms with E-state index in [1.165, 1.54) is 0 Å². The van der Waals surface area contributed by atoms with Crippen molar-refractivity contribution in [1.82, 2.24) is 9.80 Å². The van der Waals surface area contributed by atoms with Crippen molar-refractivity contribution in [3.63, 3.8) is 0 Å². The minimum atomic E-state index is -0.0472. The Morgan fingerprint density at radius 3 is 2.44 bits per heavy atom. The second kappa shape index (κ2) is 8.93. The number of likely N-dealkylation sites (tertiary alicyclic amines) is 2. The third-order valence-electron chi connectivity index (χ3n) is 6.92. The quantitative estimate of drug-likeness (QED) is 0.633. The minimum Gasteiger partial charge on any atom is -0.493 e. The summed E-state index contributed by atoms with van der Waals surface area (Å²) in [6.45, 7) is 2.91. The van der Waals surface area contributed by atoms with Gasteiger partial charge in [-0.1, -0.05) is 6.07 Å². The number of nitrogens with zero attached hydrogens (tertiary/aromatic N) is 2. The predicted octanol–water partition coefficient (Wildman–Crippen LogP) is 3.21. The van der Waals surface area contributed by atoms with E-state index in [2.05, 4.69) is 0 Å². The summed E-state index contributed by atoms with van der Waals surface area (Å²) in [4.78, 5) is 29.7. The van der Waals surface area contributed by atoms with Gasteiger partial charge in [-0.2, -0.15) is 0 Å². The number of methoxy groups -OCH3 is 2. The van der Waals surface area contributed by atoms with Crippen LogP contribution in [0, 0.1) is 5.41 Å². The number of ether oxygens (including phenoxy) is 4. The maximum Gasteiger partial charge on any atom is 0.254 e. The van der Waals surface area contributed by atoms with Crippen LogP contribution in [-0.4, -0.2) is 68.8 Å². The zero-order chi connectivity index (χ0) is 23.7. The van der Waals surface area contributed by atoms with Crippen LogP contribution in [0.5, 0.6) is 23.0 Å². The van der Waals surface area contributed by atoms with E-state index in [-0.39, 0.29) is 24.0 Å². The van der Waals surface area contributed by atoms with Crippen molar-refractivity contribution in [2.45, 2.75) is 12.8 Å². The highest BCUT2D eigenvalue weighted by Gasteiger charge is 2.45. The Bertz CT molecular complexity index is 1150. The van der Waals surface area contributed by atoms with Gasteiger partial charge in [0.2, 0.25) is 12.7 Å². The van der Waals surface area contributed by atoms with Gasteiger partial charge in [0.25, 0.3) is 5.91 Å². The molecule has 0 aromatic heterocycles. The number of rotatable bonds is 5. The molecule has 8 heteroatoms. The lowest BCUT2D eigenvalue weighted by molar-refractivity contribution is -0.125. The van der Waals surface area contributed by atoms with Crippen LogP contribution < -0.4 is 18.9 Å². The van der Waals surface area contributed by atoms with Crippen LogP contribution in [0.3, 0.4) is 0 Å². The standard InChI is InChI=1S/C26H28N2O6/c1-31-20-7-5-19(14-22(20)32-2)25(30)28-12-10-26(16-28)9-11-27(15-26)24(29)8-4-18-3-6-21-23(13-18)34-17-33-21/h3-8,13-14H,9-12,15-17H2,1-2H3/b8-4+. The first-order chi connectivity index (χ1) is 16.5. The number of carbonyl (C=O) groups excluding carboxylic acids is 2. The normalized spacial score (nSPS) is 21.0. The van der Waals surface area contributed by atoms with Crippen molar-refractivity contribution in [1.29, 1.82) is 0 Å². The summed E-state index contributed by atoms with van der Waals surface area (Å²) >= 11 is 0. The Hall–Kier alpha value is -3.68. The molecule has 3 aliphatic rings. The first-order valence-electron chi connectivity index (χ1n) is 11.4. The largest absolute Gasteiger partial charge is 0.493 e. The zero-order valence-electron chi connectivity index (χ0n) is 19.4. The number of fused-ring (bicyclic) bond motifs is 1. The van der Waals surface area contributed by atoms with Crippen molar-refractivity contribution in [3.05, 3.63) is 53.6 Å². The van der Waals surface area contributed by atoms with Crippen molar-refractivity contribution in [2.24, 2.45) is 5.41 Å². The Balaban J connectivity index is 1.20. The van der Waals surface area contributed by atoms with E-state index in [0.29, 0.717) is 49.0 Å². The highest BCUT2D eigenvalue weighted by Crippen LogP contribution is 2.40. The molecule has 178 valence electrons. The second-order valence-electron chi connectivity index (χ2n) is 9.00. The molecule has 3 heterocycles. The van der Waals surface area contributed by atoms with Gasteiger partial charge in [-0.25, -0.2) is 0 Å². The minimum absolute atomic E-state index is 0.0146. The van der Waals surface area contributed by atoms with Crippen molar-refractivity contribution in [3.8, 4) is 23.0 Å². The van der Waals surface area contributed by atoms with E-state index in [0.717, 1.165) is 24.2 Å². The molecule has 2 amide bonds. The maximum atomic E-state index is 13.1. The molecule has 5 rings (SSSR count). The van der Waals surface area contributed by atoms with Gasteiger partial charge in [-0.15, -0.1) is 0 Å². The summed E-state index contributed by atoms with van der Waals surface area (Å²) in [6, 6.07) is 10.8. The van der Waals surface area contributed by atoms with Gasteiger partial charge in [-0.05, 0) is 54.8 Å². The molecule has 0 N–H and O–H groups in total.